The monoisotopic (exact) mass is 289 g/mol. The molecule has 1 aromatic rings. The van der Waals surface area contributed by atoms with Gasteiger partial charge in [-0.3, -0.25) is 0 Å². The molecule has 114 valence electrons. The van der Waals surface area contributed by atoms with E-state index >= 15 is 0 Å². The molecule has 0 bridgehead atoms. The first-order valence-electron chi connectivity index (χ1n) is 8.09. The Labute approximate surface area is 125 Å². The first-order chi connectivity index (χ1) is 10.3. The van der Waals surface area contributed by atoms with E-state index < -0.39 is 0 Å². The number of benzene rings is 1. The van der Waals surface area contributed by atoms with Crippen molar-refractivity contribution >= 4 is 0 Å². The minimum absolute atomic E-state index is 0.109. The molecule has 1 aromatic carbocycles. The van der Waals surface area contributed by atoms with Crippen molar-refractivity contribution in [1.29, 1.82) is 0 Å². The van der Waals surface area contributed by atoms with E-state index in [0.29, 0.717) is 13.4 Å². The molecule has 0 aromatic heterocycles. The van der Waals surface area contributed by atoms with Gasteiger partial charge in [0, 0.05) is 6.04 Å². The van der Waals surface area contributed by atoms with Gasteiger partial charge in [-0.1, -0.05) is 6.07 Å². The number of hydrogen-bond donors (Lipinski definition) is 1. The summed E-state index contributed by atoms with van der Waals surface area (Å²) in [4.78, 5) is 0. The number of nitrogens with one attached hydrogen (secondary N) is 1. The third-order valence-electron chi connectivity index (χ3n) is 4.84. The third-order valence-corrected chi connectivity index (χ3v) is 4.84. The van der Waals surface area contributed by atoms with Crippen LogP contribution >= 0.6 is 0 Å². The van der Waals surface area contributed by atoms with Crippen molar-refractivity contribution in [2.45, 2.75) is 56.8 Å². The first kappa shape index (κ1) is 13.4. The molecule has 4 rings (SSSR count). The number of hydrogen-bond acceptors (Lipinski definition) is 4. The van der Waals surface area contributed by atoms with Crippen LogP contribution in [0.15, 0.2) is 18.2 Å². The van der Waals surface area contributed by atoms with Gasteiger partial charge in [-0.2, -0.15) is 0 Å². The van der Waals surface area contributed by atoms with Gasteiger partial charge in [0.05, 0.1) is 12.2 Å². The molecular formula is C17H23NO3. The lowest BCUT2D eigenvalue weighted by Gasteiger charge is -2.42. The van der Waals surface area contributed by atoms with Crippen LogP contribution in [0.2, 0.25) is 0 Å². The second-order valence-electron chi connectivity index (χ2n) is 6.49. The van der Waals surface area contributed by atoms with Gasteiger partial charge >= 0.3 is 0 Å². The largest absolute Gasteiger partial charge is 0.454 e. The van der Waals surface area contributed by atoms with E-state index in [1.165, 1.54) is 37.7 Å². The summed E-state index contributed by atoms with van der Waals surface area (Å²) in [5.41, 5.74) is 1.28. The Morgan fingerprint density at radius 1 is 1.19 bits per heavy atom. The molecule has 0 amide bonds. The Bertz CT molecular complexity index is 509. The SMILES string of the molecule is c1cc2c(cc1COC1(CCNC3CC3)CCC1)OCO2. The molecule has 0 atom stereocenters. The van der Waals surface area contributed by atoms with Crippen molar-refractivity contribution in [2.24, 2.45) is 0 Å². The van der Waals surface area contributed by atoms with Crippen molar-refractivity contribution in [3.63, 3.8) is 0 Å². The molecule has 2 saturated carbocycles. The second-order valence-corrected chi connectivity index (χ2v) is 6.49. The lowest BCUT2D eigenvalue weighted by molar-refractivity contribution is -0.114. The summed E-state index contributed by atoms with van der Waals surface area (Å²) < 4.78 is 17.0. The molecule has 1 heterocycles. The van der Waals surface area contributed by atoms with Crippen LogP contribution in [0.1, 0.15) is 44.1 Å². The number of rotatable bonds is 7. The van der Waals surface area contributed by atoms with E-state index in [-0.39, 0.29) is 5.60 Å². The fourth-order valence-electron chi connectivity index (χ4n) is 3.10. The normalized spacial score (nSPS) is 22.1. The summed E-state index contributed by atoms with van der Waals surface area (Å²) in [6, 6.07) is 6.87. The van der Waals surface area contributed by atoms with E-state index in [1.54, 1.807) is 0 Å². The zero-order valence-electron chi connectivity index (χ0n) is 12.4. The van der Waals surface area contributed by atoms with E-state index in [2.05, 4.69) is 11.4 Å². The van der Waals surface area contributed by atoms with Crippen LogP contribution in [0.3, 0.4) is 0 Å². The summed E-state index contributed by atoms with van der Waals surface area (Å²) >= 11 is 0. The highest BCUT2D eigenvalue weighted by atomic mass is 16.7. The average Bonchev–Trinajstić information content (AvgIpc) is 3.16. The summed E-state index contributed by atoms with van der Waals surface area (Å²) in [6.07, 6.45) is 7.53. The van der Waals surface area contributed by atoms with E-state index in [1.807, 2.05) is 12.1 Å². The maximum atomic E-state index is 6.28. The fraction of sp³-hybridized carbons (Fsp3) is 0.647. The average molecular weight is 289 g/mol. The topological polar surface area (TPSA) is 39.7 Å². The van der Waals surface area contributed by atoms with E-state index in [9.17, 15) is 0 Å². The van der Waals surface area contributed by atoms with Crippen LogP contribution in [0.5, 0.6) is 11.5 Å². The summed E-state index contributed by atoms with van der Waals surface area (Å²) in [5.74, 6) is 1.68. The van der Waals surface area contributed by atoms with Crippen LogP contribution < -0.4 is 14.8 Å². The molecule has 0 saturated heterocycles. The highest BCUT2D eigenvalue weighted by Gasteiger charge is 2.38. The minimum atomic E-state index is 0.109. The van der Waals surface area contributed by atoms with Gasteiger partial charge in [0.15, 0.2) is 11.5 Å². The number of ether oxygens (including phenoxy) is 3. The van der Waals surface area contributed by atoms with Crippen molar-refractivity contribution in [1.82, 2.24) is 5.32 Å². The van der Waals surface area contributed by atoms with Gasteiger partial charge in [0.25, 0.3) is 0 Å². The molecule has 2 aliphatic carbocycles. The van der Waals surface area contributed by atoms with E-state index in [4.69, 9.17) is 14.2 Å². The van der Waals surface area contributed by atoms with Gasteiger partial charge in [-0.15, -0.1) is 0 Å². The molecule has 0 unspecified atom stereocenters. The van der Waals surface area contributed by atoms with Crippen LogP contribution in [0.25, 0.3) is 0 Å². The fourth-order valence-corrected chi connectivity index (χ4v) is 3.10. The first-order valence-corrected chi connectivity index (χ1v) is 8.09. The summed E-state index contributed by atoms with van der Waals surface area (Å²) in [6.45, 7) is 2.09. The Balaban J connectivity index is 1.31. The minimum Gasteiger partial charge on any atom is -0.454 e. The van der Waals surface area contributed by atoms with Crippen LogP contribution in [-0.2, 0) is 11.3 Å². The molecule has 4 heteroatoms. The quantitative estimate of drug-likeness (QED) is 0.837. The Hall–Kier alpha value is -1.26. The van der Waals surface area contributed by atoms with Crippen LogP contribution in [0.4, 0.5) is 0 Å². The predicted octanol–water partition coefficient (Wildman–Crippen LogP) is 3.00. The molecule has 1 aliphatic heterocycles. The smallest absolute Gasteiger partial charge is 0.231 e. The summed E-state index contributed by atoms with van der Waals surface area (Å²) in [7, 11) is 0. The second kappa shape index (κ2) is 5.50. The standard InChI is InChI=1S/C17H23NO3/c1-6-17(7-1,8-9-18-14-3-4-14)21-11-13-2-5-15-16(10-13)20-12-19-15/h2,5,10,14,18H,1,3-4,6-9,11-12H2. The highest BCUT2D eigenvalue weighted by molar-refractivity contribution is 5.44. The van der Waals surface area contributed by atoms with Crippen molar-refractivity contribution in [3.05, 3.63) is 23.8 Å². The predicted molar refractivity (Wildman–Crippen MR) is 79.6 cm³/mol. The maximum absolute atomic E-state index is 6.28. The maximum Gasteiger partial charge on any atom is 0.231 e. The van der Waals surface area contributed by atoms with Gasteiger partial charge in [-0.25, -0.2) is 0 Å². The molecule has 21 heavy (non-hydrogen) atoms. The van der Waals surface area contributed by atoms with Crippen molar-refractivity contribution < 1.29 is 14.2 Å². The molecule has 4 nitrogen and oxygen atoms in total. The zero-order chi connectivity index (χ0) is 14.1. The van der Waals surface area contributed by atoms with Crippen molar-refractivity contribution in [3.8, 4) is 11.5 Å². The van der Waals surface area contributed by atoms with Gasteiger partial charge < -0.3 is 19.5 Å². The zero-order valence-corrected chi connectivity index (χ0v) is 12.4. The molecule has 2 fully saturated rings. The van der Waals surface area contributed by atoms with Crippen molar-refractivity contribution in [2.75, 3.05) is 13.3 Å². The Kier molecular flexibility index (Phi) is 3.51. The third kappa shape index (κ3) is 3.01. The lowest BCUT2D eigenvalue weighted by atomic mass is 9.77. The van der Waals surface area contributed by atoms with Gasteiger partial charge in [0.1, 0.15) is 0 Å². The molecule has 0 spiro atoms. The Morgan fingerprint density at radius 2 is 2.05 bits per heavy atom. The number of fused-ring (bicyclic) bond motifs is 1. The van der Waals surface area contributed by atoms with Crippen LogP contribution in [0, 0.1) is 0 Å². The molecule has 1 N–H and O–H groups in total. The molecule has 3 aliphatic rings. The van der Waals surface area contributed by atoms with Gasteiger partial charge in [-0.05, 0) is 62.8 Å². The lowest BCUT2D eigenvalue weighted by Crippen LogP contribution is -2.42. The van der Waals surface area contributed by atoms with Gasteiger partial charge in [0.2, 0.25) is 6.79 Å². The van der Waals surface area contributed by atoms with E-state index in [0.717, 1.165) is 30.5 Å². The molecular weight excluding hydrogens is 266 g/mol. The van der Waals surface area contributed by atoms with Crippen LogP contribution in [-0.4, -0.2) is 25.0 Å². The molecule has 0 radical (unpaired) electrons. The highest BCUT2D eigenvalue weighted by Crippen LogP contribution is 2.40. The Morgan fingerprint density at radius 3 is 2.81 bits per heavy atom. The summed E-state index contributed by atoms with van der Waals surface area (Å²) in [5, 5.41) is 3.60.